The number of unbranched alkanes of at least 4 members (excludes halogenated alkanes) is 2. The molecule has 2 N–H and O–H groups in total. The molecule has 4 aliphatic heterocycles. The van der Waals surface area contributed by atoms with E-state index in [1.54, 1.807) is 66.6 Å². The predicted molar refractivity (Wildman–Crippen MR) is 221 cm³/mol. The van der Waals surface area contributed by atoms with E-state index in [0.717, 1.165) is 41.5 Å². The minimum Gasteiger partial charge on any atom is -0.493 e. The van der Waals surface area contributed by atoms with Crippen molar-refractivity contribution in [1.82, 2.24) is 9.80 Å². The molecule has 0 unspecified atom stereocenters. The Hall–Kier alpha value is -6.89. The second-order valence-electron chi connectivity index (χ2n) is 14.3. The van der Waals surface area contributed by atoms with Crippen molar-refractivity contribution >= 4 is 58.4 Å². The first-order valence-electron chi connectivity index (χ1n) is 19.1. The first-order chi connectivity index (χ1) is 28.2. The number of esters is 1. The fourth-order valence-corrected chi connectivity index (χ4v) is 7.52. The van der Waals surface area contributed by atoms with Gasteiger partial charge in [0.15, 0.2) is 23.0 Å². The van der Waals surface area contributed by atoms with Crippen molar-refractivity contribution in [2.75, 3.05) is 40.3 Å². The smallest absolute Gasteiger partial charge is 0.337 e. The van der Waals surface area contributed by atoms with Crippen LogP contribution in [0.2, 0.25) is 0 Å². The summed E-state index contributed by atoms with van der Waals surface area (Å²) in [5.41, 5.74) is 12.9. The van der Waals surface area contributed by atoms with Gasteiger partial charge in [0.05, 0.1) is 74.7 Å². The highest BCUT2D eigenvalue weighted by Gasteiger charge is 2.35. The van der Waals surface area contributed by atoms with Crippen LogP contribution in [-0.2, 0) is 4.74 Å². The fourth-order valence-electron chi connectivity index (χ4n) is 7.52. The summed E-state index contributed by atoms with van der Waals surface area (Å²) >= 11 is 0. The predicted octanol–water partition coefficient (Wildman–Crippen LogP) is 7.64. The number of fused-ring (bicyclic) bond motifs is 4. The molecule has 4 heterocycles. The maximum absolute atomic E-state index is 13.8. The van der Waals surface area contributed by atoms with Gasteiger partial charge in [-0.25, -0.2) is 4.79 Å². The van der Waals surface area contributed by atoms with Gasteiger partial charge in [-0.05, 0) is 77.9 Å². The molecule has 13 nitrogen and oxygen atoms in total. The molecule has 4 aromatic rings. The van der Waals surface area contributed by atoms with Crippen LogP contribution in [0.15, 0.2) is 95.2 Å². The van der Waals surface area contributed by atoms with E-state index in [4.69, 9.17) is 39.4 Å². The van der Waals surface area contributed by atoms with Crippen LogP contribution in [0.4, 0.5) is 17.1 Å². The van der Waals surface area contributed by atoms with Crippen LogP contribution >= 0.6 is 0 Å². The van der Waals surface area contributed by atoms with Crippen LogP contribution in [0.3, 0.4) is 0 Å². The molecule has 4 aliphatic rings. The monoisotopic (exact) mass is 781 g/mol. The number of methoxy groups -OCH3 is 3. The third-order valence-electron chi connectivity index (χ3n) is 10.7. The SMILES string of the molecule is COC(=O)c1ccc(C2=CN3C(=O)c4cc(OC)c(OCCCCCOc5cc6c(cc5OC)C(=O)N5C=C(c7ccc(N)cc7)C[C@H]5C=N6)cc4N=C[C@@H]3C2)cc1. The van der Waals surface area contributed by atoms with Crippen molar-refractivity contribution in [1.29, 1.82) is 0 Å². The highest BCUT2D eigenvalue weighted by atomic mass is 16.5. The zero-order valence-electron chi connectivity index (χ0n) is 32.5. The lowest BCUT2D eigenvalue weighted by molar-refractivity contribution is 0.0600. The summed E-state index contributed by atoms with van der Waals surface area (Å²) in [5.74, 6) is 1.21. The number of ether oxygens (including phenoxy) is 5. The Morgan fingerprint density at radius 1 is 0.655 bits per heavy atom. The van der Waals surface area contributed by atoms with E-state index < -0.39 is 5.97 Å². The zero-order valence-corrected chi connectivity index (χ0v) is 32.5. The largest absolute Gasteiger partial charge is 0.493 e. The van der Waals surface area contributed by atoms with Gasteiger partial charge in [0.2, 0.25) is 0 Å². The molecule has 2 atom stereocenters. The van der Waals surface area contributed by atoms with E-state index in [0.29, 0.717) is 82.8 Å². The van der Waals surface area contributed by atoms with E-state index in [9.17, 15) is 14.4 Å². The third kappa shape index (κ3) is 7.50. The van der Waals surface area contributed by atoms with Crippen LogP contribution in [-0.4, -0.2) is 86.6 Å². The highest BCUT2D eigenvalue weighted by Crippen LogP contribution is 2.42. The Labute approximate surface area is 336 Å². The van der Waals surface area contributed by atoms with E-state index in [2.05, 4.69) is 0 Å². The number of rotatable bonds is 13. The first kappa shape index (κ1) is 38.0. The molecule has 58 heavy (non-hydrogen) atoms. The number of anilines is 1. The third-order valence-corrected chi connectivity index (χ3v) is 10.7. The molecule has 0 spiro atoms. The topological polar surface area (TPSA) is 155 Å². The number of benzene rings is 4. The van der Waals surface area contributed by atoms with E-state index in [1.807, 2.05) is 55.0 Å². The maximum atomic E-state index is 13.8. The average molecular weight is 782 g/mol. The van der Waals surface area contributed by atoms with Gasteiger partial charge >= 0.3 is 5.97 Å². The number of carbonyl (C=O) groups excluding carboxylic acids is 3. The van der Waals surface area contributed by atoms with Gasteiger partial charge in [0.25, 0.3) is 11.8 Å². The number of carbonyl (C=O) groups is 3. The summed E-state index contributed by atoms with van der Waals surface area (Å²) < 4.78 is 28.3. The molecule has 4 aromatic carbocycles. The molecule has 0 saturated heterocycles. The summed E-state index contributed by atoms with van der Waals surface area (Å²) in [5, 5.41) is 0. The molecule has 0 bridgehead atoms. The molecule has 0 radical (unpaired) electrons. The van der Waals surface area contributed by atoms with Crippen molar-refractivity contribution in [3.8, 4) is 23.0 Å². The minimum atomic E-state index is -0.400. The van der Waals surface area contributed by atoms with Gasteiger partial charge in [-0.1, -0.05) is 24.3 Å². The number of nitrogen functional groups attached to an aromatic ring is 1. The lowest BCUT2D eigenvalue weighted by Crippen LogP contribution is -2.32. The number of hydrogen-bond donors (Lipinski definition) is 1. The van der Waals surface area contributed by atoms with Crippen molar-refractivity contribution in [2.45, 2.75) is 44.2 Å². The normalized spacial score (nSPS) is 17.6. The molecule has 296 valence electrons. The van der Waals surface area contributed by atoms with Crippen LogP contribution in [0, 0.1) is 0 Å². The molecule has 8 rings (SSSR count). The molecule has 0 fully saturated rings. The van der Waals surface area contributed by atoms with E-state index in [-0.39, 0.29) is 23.9 Å². The Kier molecular flexibility index (Phi) is 10.7. The second kappa shape index (κ2) is 16.3. The number of nitrogens with two attached hydrogens (primary N) is 1. The van der Waals surface area contributed by atoms with E-state index >= 15 is 0 Å². The summed E-state index contributed by atoms with van der Waals surface area (Å²) in [6, 6.07) is 21.2. The van der Waals surface area contributed by atoms with Crippen LogP contribution in [0.1, 0.15) is 74.3 Å². The summed E-state index contributed by atoms with van der Waals surface area (Å²) in [6.45, 7) is 0.856. The molecule has 0 aromatic heterocycles. The van der Waals surface area contributed by atoms with Crippen molar-refractivity contribution in [2.24, 2.45) is 9.98 Å². The number of amides is 2. The van der Waals surface area contributed by atoms with Crippen LogP contribution in [0.5, 0.6) is 23.0 Å². The molecular weight excluding hydrogens is 739 g/mol. The van der Waals surface area contributed by atoms with Crippen molar-refractivity contribution < 1.29 is 38.1 Å². The van der Waals surface area contributed by atoms with Crippen LogP contribution < -0.4 is 24.7 Å². The van der Waals surface area contributed by atoms with Crippen LogP contribution in [0.25, 0.3) is 11.1 Å². The molecule has 0 aliphatic carbocycles. The maximum Gasteiger partial charge on any atom is 0.337 e. The molecule has 0 saturated carbocycles. The van der Waals surface area contributed by atoms with Gasteiger partial charge in [-0.15, -0.1) is 0 Å². The van der Waals surface area contributed by atoms with Gasteiger partial charge in [0, 0.05) is 55.5 Å². The van der Waals surface area contributed by atoms with E-state index in [1.165, 1.54) is 7.11 Å². The molecular formula is C45H43N5O8. The Bertz CT molecular complexity index is 2390. The first-order valence-corrected chi connectivity index (χ1v) is 19.1. The lowest BCUT2D eigenvalue weighted by atomic mass is 10.0. The fraction of sp³-hybridized carbons (Fsp3) is 0.267. The Morgan fingerprint density at radius 2 is 1.12 bits per heavy atom. The zero-order chi connectivity index (χ0) is 40.3. The van der Waals surface area contributed by atoms with Gasteiger partial charge in [0.1, 0.15) is 0 Å². The van der Waals surface area contributed by atoms with Crippen molar-refractivity contribution in [3.63, 3.8) is 0 Å². The number of nitrogens with zero attached hydrogens (tertiary/aromatic N) is 4. The summed E-state index contributed by atoms with van der Waals surface area (Å²) in [6.07, 6.45) is 10.9. The number of hydrogen-bond acceptors (Lipinski definition) is 11. The molecule has 13 heteroatoms. The standard InChI is InChI=1S/C45H43N5O8/c1-54-39-19-35-37(47-23-33-17-30(25-49(33)43(35)51)27-7-9-29(10-8-27)45(53)56-3)21-41(39)57-15-5-4-6-16-58-42-22-38-36(20-40(42)55-2)44(52)50-26-31(18-34(50)24-48-38)28-11-13-32(46)14-12-28/h7-14,19-26,33-34H,4-6,15-18,46H2,1-3H3/t33-,34-/m0/s1. The minimum absolute atomic E-state index is 0.147. The van der Waals surface area contributed by atoms with Gasteiger partial charge < -0.3 is 39.2 Å². The Morgan fingerprint density at radius 3 is 1.57 bits per heavy atom. The Balaban J connectivity index is 0.846. The second-order valence-corrected chi connectivity index (χ2v) is 14.3. The quantitative estimate of drug-likeness (QED) is 0.0819. The summed E-state index contributed by atoms with van der Waals surface area (Å²) in [4.78, 5) is 52.1. The average Bonchev–Trinajstić information content (AvgIpc) is 3.83. The lowest BCUT2D eigenvalue weighted by Gasteiger charge is -2.19. The molecule has 2 amide bonds. The van der Waals surface area contributed by atoms with Gasteiger partial charge in [-0.2, -0.15) is 0 Å². The highest BCUT2D eigenvalue weighted by molar-refractivity contribution is 6.06. The van der Waals surface area contributed by atoms with Gasteiger partial charge in [-0.3, -0.25) is 19.6 Å². The van der Waals surface area contributed by atoms with Crippen molar-refractivity contribution in [3.05, 3.63) is 113 Å². The number of aliphatic imine (C=N–C) groups is 2. The summed E-state index contributed by atoms with van der Waals surface area (Å²) in [7, 11) is 4.45.